The first kappa shape index (κ1) is 20.4. The predicted molar refractivity (Wildman–Crippen MR) is 124 cm³/mol. The van der Waals surface area contributed by atoms with E-state index in [1.165, 1.54) is 23.5 Å². The summed E-state index contributed by atoms with van der Waals surface area (Å²) in [6.45, 7) is 0. The zero-order valence-corrected chi connectivity index (χ0v) is 17.7. The highest BCUT2D eigenvalue weighted by Crippen LogP contribution is 2.41. The van der Waals surface area contributed by atoms with Gasteiger partial charge in [0, 0.05) is 17.1 Å². The minimum Gasteiger partial charge on any atom is -0.358 e. The van der Waals surface area contributed by atoms with E-state index in [2.05, 4.69) is 9.97 Å². The fraction of sp³-hybridized carbons (Fsp3) is 0.0769. The van der Waals surface area contributed by atoms with Crippen molar-refractivity contribution in [2.24, 2.45) is 0 Å². The van der Waals surface area contributed by atoms with Crippen molar-refractivity contribution in [2.45, 2.75) is 12.1 Å². The summed E-state index contributed by atoms with van der Waals surface area (Å²) in [5, 5.41) is 1.90. The summed E-state index contributed by atoms with van der Waals surface area (Å²) >= 11 is 1.48. The van der Waals surface area contributed by atoms with Crippen LogP contribution < -0.4 is 0 Å². The van der Waals surface area contributed by atoms with Gasteiger partial charge < -0.3 is 9.97 Å². The first-order valence-electron chi connectivity index (χ1n) is 10.1. The third-order valence-electron chi connectivity index (χ3n) is 5.46. The Labute approximate surface area is 187 Å². The van der Waals surface area contributed by atoms with Gasteiger partial charge in [-0.3, -0.25) is 0 Å². The lowest BCUT2D eigenvalue weighted by molar-refractivity contribution is -0.142. The molecule has 0 radical (unpaired) electrons. The number of aromatic nitrogens is 2. The molecule has 0 bridgehead atoms. The average molecular weight is 449 g/mol. The number of rotatable bonds is 5. The van der Waals surface area contributed by atoms with E-state index in [1.807, 2.05) is 72.1 Å². The van der Waals surface area contributed by atoms with Gasteiger partial charge >= 0.3 is 6.18 Å². The van der Waals surface area contributed by atoms with Gasteiger partial charge in [-0.2, -0.15) is 13.2 Å². The molecule has 160 valence electrons. The van der Waals surface area contributed by atoms with Gasteiger partial charge in [0.15, 0.2) is 0 Å². The number of alkyl halides is 3. The van der Waals surface area contributed by atoms with E-state index in [0.717, 1.165) is 21.6 Å². The second-order valence-electron chi connectivity index (χ2n) is 7.55. The lowest BCUT2D eigenvalue weighted by atomic mass is 10.0. The topological polar surface area (TPSA) is 31.6 Å². The first-order valence-corrected chi connectivity index (χ1v) is 11.0. The molecule has 0 saturated carbocycles. The minimum atomic E-state index is -4.43. The molecule has 0 aliphatic heterocycles. The second kappa shape index (κ2) is 8.20. The van der Waals surface area contributed by atoms with Crippen molar-refractivity contribution in [1.82, 2.24) is 9.97 Å². The van der Waals surface area contributed by atoms with Crippen molar-refractivity contribution in [1.29, 1.82) is 0 Å². The highest BCUT2D eigenvalue weighted by Gasteiger charge is 2.43. The lowest BCUT2D eigenvalue weighted by Gasteiger charge is -2.18. The SMILES string of the molecule is FC(F)(F)C(c1ccc(-c2ccc(-c3ccccc3)cc2)[nH]1)c1ccc(-c2cccs2)[nH]1. The van der Waals surface area contributed by atoms with Crippen LogP contribution in [0.25, 0.3) is 33.0 Å². The molecule has 0 aliphatic carbocycles. The van der Waals surface area contributed by atoms with Crippen LogP contribution in [0.2, 0.25) is 0 Å². The molecule has 2 nitrogen and oxygen atoms in total. The minimum absolute atomic E-state index is 0.110. The van der Waals surface area contributed by atoms with Crippen LogP contribution in [0.5, 0.6) is 0 Å². The molecular formula is C26H19F3N2S. The maximum Gasteiger partial charge on any atom is 0.402 e. The maximum absolute atomic E-state index is 14.1. The van der Waals surface area contributed by atoms with Crippen LogP contribution in [-0.4, -0.2) is 16.1 Å². The largest absolute Gasteiger partial charge is 0.402 e. The molecule has 3 aromatic heterocycles. The smallest absolute Gasteiger partial charge is 0.358 e. The van der Waals surface area contributed by atoms with Crippen LogP contribution in [0, 0.1) is 0 Å². The molecule has 0 spiro atoms. The maximum atomic E-state index is 14.1. The number of halogens is 3. The summed E-state index contributed by atoms with van der Waals surface area (Å²) in [7, 11) is 0. The Hall–Kier alpha value is -3.51. The van der Waals surface area contributed by atoms with Crippen LogP contribution in [-0.2, 0) is 0 Å². The fourth-order valence-corrected chi connectivity index (χ4v) is 4.60. The number of hydrogen-bond donors (Lipinski definition) is 2. The number of thiophene rings is 1. The van der Waals surface area contributed by atoms with Crippen molar-refractivity contribution in [3.05, 3.63) is 108 Å². The summed E-state index contributed by atoms with van der Waals surface area (Å²) in [5.74, 6) is -1.76. The van der Waals surface area contributed by atoms with Gasteiger partial charge in [0.05, 0.1) is 10.6 Å². The molecular weight excluding hydrogens is 429 g/mol. The van der Waals surface area contributed by atoms with Crippen LogP contribution in [0.1, 0.15) is 17.3 Å². The van der Waals surface area contributed by atoms with Gasteiger partial charge in [-0.25, -0.2) is 0 Å². The van der Waals surface area contributed by atoms with E-state index in [-0.39, 0.29) is 11.4 Å². The lowest BCUT2D eigenvalue weighted by Crippen LogP contribution is -2.22. The van der Waals surface area contributed by atoms with Crippen molar-refractivity contribution >= 4 is 11.3 Å². The van der Waals surface area contributed by atoms with Crippen molar-refractivity contribution < 1.29 is 13.2 Å². The zero-order valence-electron chi connectivity index (χ0n) is 16.9. The molecule has 32 heavy (non-hydrogen) atoms. The Kier molecular flexibility index (Phi) is 5.23. The summed E-state index contributed by atoms with van der Waals surface area (Å²) in [5.41, 5.74) is 4.56. The first-order chi connectivity index (χ1) is 15.5. The van der Waals surface area contributed by atoms with Gasteiger partial charge in [0.1, 0.15) is 5.92 Å². The van der Waals surface area contributed by atoms with Crippen LogP contribution in [0.15, 0.2) is 96.4 Å². The van der Waals surface area contributed by atoms with E-state index < -0.39 is 12.1 Å². The van der Waals surface area contributed by atoms with Gasteiger partial charge in [-0.05, 0) is 52.4 Å². The predicted octanol–water partition coefficient (Wildman–Crippen LogP) is 8.10. The van der Waals surface area contributed by atoms with Crippen molar-refractivity contribution in [3.8, 4) is 33.0 Å². The van der Waals surface area contributed by atoms with Crippen LogP contribution in [0.4, 0.5) is 13.2 Å². The summed E-state index contributed by atoms with van der Waals surface area (Å²) in [6, 6.07) is 28.0. The Morgan fingerprint density at radius 3 is 1.81 bits per heavy atom. The van der Waals surface area contributed by atoms with Crippen molar-refractivity contribution in [2.75, 3.05) is 0 Å². The molecule has 2 N–H and O–H groups in total. The van der Waals surface area contributed by atoms with Gasteiger partial charge in [0.2, 0.25) is 0 Å². The normalized spacial score (nSPS) is 12.7. The molecule has 1 unspecified atom stereocenters. The molecule has 0 aliphatic rings. The monoisotopic (exact) mass is 448 g/mol. The summed E-state index contributed by atoms with van der Waals surface area (Å²) in [6.07, 6.45) is -4.43. The molecule has 5 aromatic rings. The Morgan fingerprint density at radius 1 is 0.594 bits per heavy atom. The van der Waals surface area contributed by atoms with Gasteiger partial charge in [-0.1, -0.05) is 60.7 Å². The zero-order chi connectivity index (χ0) is 22.1. The van der Waals surface area contributed by atoms with E-state index in [9.17, 15) is 13.2 Å². The molecule has 6 heteroatoms. The summed E-state index contributed by atoms with van der Waals surface area (Å²) in [4.78, 5) is 6.87. The fourth-order valence-electron chi connectivity index (χ4n) is 3.90. The quantitative estimate of drug-likeness (QED) is 0.272. The van der Waals surface area contributed by atoms with E-state index in [1.54, 1.807) is 12.1 Å². The van der Waals surface area contributed by atoms with Gasteiger partial charge in [0.25, 0.3) is 0 Å². The highest BCUT2D eigenvalue weighted by molar-refractivity contribution is 7.13. The van der Waals surface area contributed by atoms with E-state index >= 15 is 0 Å². The number of benzene rings is 2. The van der Waals surface area contributed by atoms with E-state index in [4.69, 9.17) is 0 Å². The standard InChI is InChI=1S/C26H19F3N2S/c27-26(28,29)25(23-15-13-21(31-23)24-7-4-16-32-24)22-14-12-20(30-22)19-10-8-18(9-11-19)17-5-2-1-3-6-17/h1-16,25,30-31H. The highest BCUT2D eigenvalue weighted by atomic mass is 32.1. The van der Waals surface area contributed by atoms with Gasteiger partial charge in [-0.15, -0.1) is 11.3 Å². The number of hydrogen-bond acceptors (Lipinski definition) is 1. The molecule has 0 fully saturated rings. The molecule has 0 saturated heterocycles. The van der Waals surface area contributed by atoms with Crippen LogP contribution in [0.3, 0.4) is 0 Å². The number of H-pyrrole nitrogens is 2. The molecule has 3 heterocycles. The Balaban J connectivity index is 1.45. The van der Waals surface area contributed by atoms with Crippen molar-refractivity contribution in [3.63, 3.8) is 0 Å². The molecule has 0 amide bonds. The Morgan fingerprint density at radius 2 is 1.19 bits per heavy atom. The molecule has 1 atom stereocenters. The summed E-state index contributed by atoms with van der Waals surface area (Å²) < 4.78 is 42.2. The number of aromatic amines is 2. The van der Waals surface area contributed by atoms with E-state index in [0.29, 0.717) is 11.4 Å². The Bertz CT molecular complexity index is 1300. The third kappa shape index (κ3) is 4.01. The molecule has 2 aromatic carbocycles. The van der Waals surface area contributed by atoms with Crippen LogP contribution >= 0.6 is 11.3 Å². The average Bonchev–Trinajstić information content (AvgIpc) is 3.56. The molecule has 5 rings (SSSR count). The third-order valence-corrected chi connectivity index (χ3v) is 6.36. The number of nitrogens with one attached hydrogen (secondary N) is 2. The second-order valence-corrected chi connectivity index (χ2v) is 8.50.